The van der Waals surface area contributed by atoms with Gasteiger partial charge in [0, 0.05) is 10.4 Å². The van der Waals surface area contributed by atoms with Crippen LogP contribution in [-0.4, -0.2) is 21.6 Å². The molecule has 0 saturated heterocycles. The van der Waals surface area contributed by atoms with E-state index in [0.29, 0.717) is 10.2 Å². The van der Waals surface area contributed by atoms with Crippen LogP contribution in [0, 0.1) is 6.92 Å². The van der Waals surface area contributed by atoms with Crippen LogP contribution in [0.25, 0.3) is 21.3 Å². The fourth-order valence-corrected chi connectivity index (χ4v) is 4.91. The van der Waals surface area contributed by atoms with Crippen molar-refractivity contribution >= 4 is 27.5 Å². The SMILES string of the molecule is Cc1sc2ncn([C@@H](C)C(=O)OC3CCCCC3)c(=O)c2c1-c1ccccc1. The first-order valence-corrected chi connectivity index (χ1v) is 10.6. The van der Waals surface area contributed by atoms with Gasteiger partial charge in [-0.1, -0.05) is 36.8 Å². The van der Waals surface area contributed by atoms with Crippen LogP contribution in [0.1, 0.15) is 49.9 Å². The number of aromatic nitrogens is 2. The second-order valence-corrected chi connectivity index (χ2v) is 8.61. The van der Waals surface area contributed by atoms with E-state index in [1.165, 1.54) is 28.7 Å². The van der Waals surface area contributed by atoms with Gasteiger partial charge in [0.25, 0.3) is 5.56 Å². The summed E-state index contributed by atoms with van der Waals surface area (Å²) in [7, 11) is 0. The van der Waals surface area contributed by atoms with Crippen molar-refractivity contribution in [3.63, 3.8) is 0 Å². The zero-order valence-electron chi connectivity index (χ0n) is 16.2. The van der Waals surface area contributed by atoms with Gasteiger partial charge in [-0.3, -0.25) is 9.36 Å². The fraction of sp³-hybridized carbons (Fsp3) is 0.409. The smallest absolute Gasteiger partial charge is 0.329 e. The standard InChI is InChI=1S/C22H24N2O3S/c1-14(22(26)27-17-11-7-4-8-12-17)24-13-23-20-19(21(24)25)18(15(2)28-20)16-9-5-3-6-10-16/h3,5-6,9-10,13-14,17H,4,7-8,11-12H2,1-2H3/t14-/m0/s1. The molecule has 3 aromatic rings. The summed E-state index contributed by atoms with van der Waals surface area (Å²) in [6, 6.07) is 9.15. The highest BCUT2D eigenvalue weighted by molar-refractivity contribution is 7.19. The Morgan fingerprint density at radius 2 is 1.93 bits per heavy atom. The van der Waals surface area contributed by atoms with Crippen LogP contribution in [0.2, 0.25) is 0 Å². The summed E-state index contributed by atoms with van der Waals surface area (Å²) >= 11 is 1.50. The van der Waals surface area contributed by atoms with E-state index >= 15 is 0 Å². The number of carbonyl (C=O) groups excluding carboxylic acids is 1. The normalized spacial score (nSPS) is 16.2. The lowest BCUT2D eigenvalue weighted by Gasteiger charge is -2.24. The van der Waals surface area contributed by atoms with Crippen molar-refractivity contribution in [3.05, 3.63) is 51.9 Å². The Morgan fingerprint density at radius 3 is 2.64 bits per heavy atom. The van der Waals surface area contributed by atoms with E-state index in [4.69, 9.17) is 4.74 Å². The molecule has 5 nitrogen and oxygen atoms in total. The largest absolute Gasteiger partial charge is 0.461 e. The Labute approximate surface area is 168 Å². The number of nitrogens with zero attached hydrogens (tertiary/aromatic N) is 2. The molecule has 0 bridgehead atoms. The van der Waals surface area contributed by atoms with E-state index in [1.807, 2.05) is 37.3 Å². The number of thiophene rings is 1. The van der Waals surface area contributed by atoms with Crippen LogP contribution in [0.15, 0.2) is 41.5 Å². The van der Waals surface area contributed by atoms with Crippen LogP contribution < -0.4 is 5.56 Å². The van der Waals surface area contributed by atoms with Crippen molar-refractivity contribution < 1.29 is 9.53 Å². The molecule has 2 heterocycles. The molecule has 0 unspecified atom stereocenters. The first-order valence-electron chi connectivity index (χ1n) is 9.82. The number of rotatable bonds is 4. The van der Waals surface area contributed by atoms with Gasteiger partial charge in [0.15, 0.2) is 0 Å². The Hall–Kier alpha value is -2.47. The maximum absolute atomic E-state index is 13.3. The van der Waals surface area contributed by atoms with Gasteiger partial charge in [0.2, 0.25) is 0 Å². The molecule has 1 aromatic carbocycles. The highest BCUT2D eigenvalue weighted by atomic mass is 32.1. The van der Waals surface area contributed by atoms with Crippen LogP contribution in [0.4, 0.5) is 0 Å². The number of hydrogen-bond donors (Lipinski definition) is 0. The molecule has 28 heavy (non-hydrogen) atoms. The average Bonchev–Trinajstić information content (AvgIpc) is 3.06. The lowest BCUT2D eigenvalue weighted by Crippen LogP contribution is -2.32. The van der Waals surface area contributed by atoms with E-state index < -0.39 is 6.04 Å². The fourth-order valence-electron chi connectivity index (χ4n) is 3.90. The molecule has 0 aliphatic heterocycles. The Morgan fingerprint density at radius 1 is 1.21 bits per heavy atom. The van der Waals surface area contributed by atoms with Gasteiger partial charge in [-0.15, -0.1) is 11.3 Å². The van der Waals surface area contributed by atoms with E-state index in [2.05, 4.69) is 4.98 Å². The van der Waals surface area contributed by atoms with E-state index in [9.17, 15) is 9.59 Å². The Bertz CT molecular complexity index is 1050. The molecule has 146 valence electrons. The molecule has 1 saturated carbocycles. The van der Waals surface area contributed by atoms with Gasteiger partial charge < -0.3 is 4.74 Å². The lowest BCUT2D eigenvalue weighted by molar-refractivity contribution is -0.154. The van der Waals surface area contributed by atoms with Crippen LogP contribution >= 0.6 is 11.3 Å². The zero-order chi connectivity index (χ0) is 19.7. The molecular formula is C22H24N2O3S. The first-order chi connectivity index (χ1) is 13.6. The number of ether oxygens (including phenoxy) is 1. The van der Waals surface area contributed by atoms with E-state index in [-0.39, 0.29) is 17.6 Å². The Kier molecular flexibility index (Phi) is 5.31. The van der Waals surface area contributed by atoms with Crippen LogP contribution in [-0.2, 0) is 9.53 Å². The number of benzene rings is 1. The van der Waals surface area contributed by atoms with Gasteiger partial charge in [0.05, 0.1) is 11.7 Å². The molecule has 0 amide bonds. The summed E-state index contributed by atoms with van der Waals surface area (Å²) in [4.78, 5) is 32.2. The third kappa shape index (κ3) is 3.49. The van der Waals surface area contributed by atoms with Crippen molar-refractivity contribution in [2.24, 2.45) is 0 Å². The summed E-state index contributed by atoms with van der Waals surface area (Å²) in [5.74, 6) is -0.358. The third-order valence-electron chi connectivity index (χ3n) is 5.47. The molecule has 1 aliphatic rings. The summed E-state index contributed by atoms with van der Waals surface area (Å²) in [5, 5.41) is 0.577. The number of esters is 1. The van der Waals surface area contributed by atoms with Gasteiger partial charge in [-0.2, -0.15) is 0 Å². The molecule has 4 rings (SSSR count). The predicted molar refractivity (Wildman–Crippen MR) is 112 cm³/mol. The third-order valence-corrected chi connectivity index (χ3v) is 6.48. The minimum absolute atomic E-state index is 0.0284. The molecule has 0 N–H and O–H groups in total. The molecule has 1 aliphatic carbocycles. The molecular weight excluding hydrogens is 372 g/mol. The van der Waals surface area contributed by atoms with Crippen molar-refractivity contribution in [1.82, 2.24) is 9.55 Å². The van der Waals surface area contributed by atoms with Crippen molar-refractivity contribution in [2.45, 2.75) is 58.1 Å². The molecule has 0 radical (unpaired) electrons. The highest BCUT2D eigenvalue weighted by Gasteiger charge is 2.25. The predicted octanol–water partition coefficient (Wildman–Crippen LogP) is 4.87. The monoisotopic (exact) mass is 396 g/mol. The summed E-state index contributed by atoms with van der Waals surface area (Å²) in [6.07, 6.45) is 6.65. The van der Waals surface area contributed by atoms with Crippen LogP contribution in [0.5, 0.6) is 0 Å². The van der Waals surface area contributed by atoms with E-state index in [1.54, 1.807) is 6.92 Å². The zero-order valence-corrected chi connectivity index (χ0v) is 17.0. The molecule has 2 aromatic heterocycles. The van der Waals surface area contributed by atoms with Gasteiger partial charge in [-0.25, -0.2) is 9.78 Å². The molecule has 1 fully saturated rings. The minimum Gasteiger partial charge on any atom is -0.461 e. The minimum atomic E-state index is -0.699. The van der Waals surface area contributed by atoms with Crippen LogP contribution in [0.3, 0.4) is 0 Å². The first kappa shape index (κ1) is 18.9. The molecule has 6 heteroatoms. The molecule has 0 spiro atoms. The Balaban J connectivity index is 1.71. The summed E-state index contributed by atoms with van der Waals surface area (Å²) in [6.45, 7) is 3.71. The van der Waals surface area contributed by atoms with Crippen molar-refractivity contribution in [3.8, 4) is 11.1 Å². The van der Waals surface area contributed by atoms with Gasteiger partial charge in [-0.05, 0) is 45.1 Å². The molecule has 1 atom stereocenters. The number of fused-ring (bicyclic) bond motifs is 1. The highest BCUT2D eigenvalue weighted by Crippen LogP contribution is 2.35. The topological polar surface area (TPSA) is 61.2 Å². The van der Waals surface area contributed by atoms with Crippen molar-refractivity contribution in [2.75, 3.05) is 0 Å². The average molecular weight is 397 g/mol. The summed E-state index contributed by atoms with van der Waals surface area (Å²) < 4.78 is 7.08. The van der Waals surface area contributed by atoms with Gasteiger partial charge in [0.1, 0.15) is 17.0 Å². The van der Waals surface area contributed by atoms with E-state index in [0.717, 1.165) is 41.7 Å². The second-order valence-electron chi connectivity index (χ2n) is 7.41. The second kappa shape index (κ2) is 7.87. The number of aryl methyl sites for hydroxylation is 1. The maximum Gasteiger partial charge on any atom is 0.329 e. The lowest BCUT2D eigenvalue weighted by atomic mass is 9.98. The summed E-state index contributed by atoms with van der Waals surface area (Å²) in [5.41, 5.74) is 1.70. The number of carbonyl (C=O) groups is 1. The quantitative estimate of drug-likeness (QED) is 0.590. The van der Waals surface area contributed by atoms with Gasteiger partial charge >= 0.3 is 5.97 Å². The van der Waals surface area contributed by atoms with Crippen molar-refractivity contribution in [1.29, 1.82) is 0 Å². The number of hydrogen-bond acceptors (Lipinski definition) is 5. The maximum atomic E-state index is 13.3.